The number of benzene rings is 7. The Bertz CT molecular complexity index is 2450. The molecule has 0 bridgehead atoms. The van der Waals surface area contributed by atoms with Crippen molar-refractivity contribution in [2.24, 2.45) is 0 Å². The number of imidazole rings is 1. The van der Waals surface area contributed by atoms with E-state index in [0.29, 0.717) is 0 Å². The Morgan fingerprint density at radius 1 is 0.500 bits per heavy atom. The van der Waals surface area contributed by atoms with Gasteiger partial charge < -0.3 is 4.74 Å². The van der Waals surface area contributed by atoms with E-state index in [-0.39, 0.29) is 0 Å². The van der Waals surface area contributed by atoms with Crippen LogP contribution in [0.3, 0.4) is 0 Å². The van der Waals surface area contributed by atoms with E-state index in [1.165, 1.54) is 0 Å². The van der Waals surface area contributed by atoms with Gasteiger partial charge in [0.2, 0.25) is 0 Å². The van der Waals surface area contributed by atoms with Crippen molar-refractivity contribution in [3.63, 3.8) is 0 Å². The van der Waals surface area contributed by atoms with Crippen LogP contribution in [0.25, 0.3) is 73.3 Å². The Morgan fingerprint density at radius 2 is 1.22 bits per heavy atom. The number of hydrogen-bond donors (Lipinski definition) is 0. The monoisotopic (exact) mass is 588 g/mol. The predicted octanol–water partition coefficient (Wildman–Crippen LogP) is 11.5. The topological polar surface area (TPSA) is 27.1 Å². The number of para-hydroxylation sites is 4. The summed E-state index contributed by atoms with van der Waals surface area (Å²) in [5.74, 6) is 2.56. The van der Waals surface area contributed by atoms with E-state index < -0.39 is 0 Å². The van der Waals surface area contributed by atoms with Gasteiger partial charge in [-0.25, -0.2) is 4.98 Å². The average Bonchev–Trinajstić information content (AvgIpc) is 3.50. The van der Waals surface area contributed by atoms with Crippen molar-refractivity contribution in [3.8, 4) is 50.8 Å². The van der Waals surface area contributed by atoms with Gasteiger partial charge in [0, 0.05) is 27.8 Å². The lowest BCUT2D eigenvalue weighted by Crippen LogP contribution is -1.98. The van der Waals surface area contributed by atoms with E-state index in [0.717, 1.165) is 83.8 Å². The smallest absolute Gasteiger partial charge is 0.145 e. The van der Waals surface area contributed by atoms with Gasteiger partial charge in [0.15, 0.2) is 0 Å². The zero-order chi connectivity index (χ0) is 30.5. The second-order valence-corrected chi connectivity index (χ2v) is 11.6. The number of ether oxygens (including phenoxy) is 1. The van der Waals surface area contributed by atoms with Crippen LogP contribution in [0.4, 0.5) is 0 Å². The third-order valence-corrected chi connectivity index (χ3v) is 8.85. The molecule has 0 aliphatic carbocycles. The molecule has 7 aromatic carbocycles. The Balaban J connectivity index is 1.35. The molecule has 0 atom stereocenters. The number of aromatic nitrogens is 2. The molecule has 0 N–H and O–H groups in total. The molecule has 46 heavy (non-hydrogen) atoms. The van der Waals surface area contributed by atoms with Gasteiger partial charge in [-0.15, -0.1) is 0 Å². The molecule has 3 nitrogen and oxygen atoms in total. The van der Waals surface area contributed by atoms with Crippen LogP contribution in [0.5, 0.6) is 11.5 Å². The molecule has 0 amide bonds. The SMILES string of the molecule is C1=Cc2ccc(-c3nc4ccccc4n3-c3ccccc3)cc2-c2ccc3ccccc3c2Oc2ccccc2-c2ccccc21. The summed E-state index contributed by atoms with van der Waals surface area (Å²) in [5.41, 5.74) is 10.7. The van der Waals surface area contributed by atoms with Crippen LogP contribution < -0.4 is 4.74 Å². The first-order valence-corrected chi connectivity index (χ1v) is 15.6. The normalized spacial score (nSPS) is 12.0. The summed E-state index contributed by atoms with van der Waals surface area (Å²) in [7, 11) is 0. The first-order chi connectivity index (χ1) is 22.8. The van der Waals surface area contributed by atoms with Gasteiger partial charge in [0.05, 0.1) is 11.0 Å². The summed E-state index contributed by atoms with van der Waals surface area (Å²) in [4.78, 5) is 5.18. The number of rotatable bonds is 2. The molecule has 1 aliphatic heterocycles. The molecule has 0 fully saturated rings. The summed E-state index contributed by atoms with van der Waals surface area (Å²) in [6.45, 7) is 0. The van der Waals surface area contributed by atoms with Crippen molar-refractivity contribution < 1.29 is 4.74 Å². The zero-order valence-corrected chi connectivity index (χ0v) is 25.0. The third kappa shape index (κ3) is 4.33. The van der Waals surface area contributed by atoms with Crippen molar-refractivity contribution in [1.82, 2.24) is 9.55 Å². The van der Waals surface area contributed by atoms with Crippen LogP contribution in [0.15, 0.2) is 158 Å². The van der Waals surface area contributed by atoms with E-state index in [1.54, 1.807) is 0 Å². The van der Waals surface area contributed by atoms with E-state index in [9.17, 15) is 0 Å². The molecule has 3 heteroatoms. The molecular formula is C43H28N2O. The zero-order valence-electron chi connectivity index (χ0n) is 25.0. The Hall–Kier alpha value is -6.19. The Labute approximate surface area is 267 Å². The van der Waals surface area contributed by atoms with Gasteiger partial charge in [0.25, 0.3) is 0 Å². The molecular weight excluding hydrogens is 560 g/mol. The second-order valence-electron chi connectivity index (χ2n) is 11.6. The lowest BCUT2D eigenvalue weighted by atomic mass is 9.93. The van der Waals surface area contributed by atoms with E-state index in [2.05, 4.69) is 156 Å². The van der Waals surface area contributed by atoms with Crippen molar-refractivity contribution in [2.75, 3.05) is 0 Å². The molecule has 0 radical (unpaired) electrons. The van der Waals surface area contributed by atoms with Crippen LogP contribution in [-0.4, -0.2) is 9.55 Å². The summed E-state index contributed by atoms with van der Waals surface area (Å²) in [6, 6.07) is 55.1. The highest BCUT2D eigenvalue weighted by molar-refractivity contribution is 5.99. The number of nitrogens with zero attached hydrogens (tertiary/aromatic N) is 2. The maximum Gasteiger partial charge on any atom is 0.145 e. The van der Waals surface area contributed by atoms with Crippen LogP contribution in [0.1, 0.15) is 11.1 Å². The minimum absolute atomic E-state index is 0.825. The molecule has 216 valence electrons. The third-order valence-electron chi connectivity index (χ3n) is 8.85. The Morgan fingerprint density at radius 3 is 2.13 bits per heavy atom. The fourth-order valence-corrected chi connectivity index (χ4v) is 6.65. The maximum atomic E-state index is 7.04. The van der Waals surface area contributed by atoms with Crippen molar-refractivity contribution in [2.45, 2.75) is 0 Å². The van der Waals surface area contributed by atoms with Gasteiger partial charge in [-0.2, -0.15) is 0 Å². The van der Waals surface area contributed by atoms with Gasteiger partial charge in [-0.3, -0.25) is 4.57 Å². The first-order valence-electron chi connectivity index (χ1n) is 15.6. The van der Waals surface area contributed by atoms with Crippen LogP contribution in [-0.2, 0) is 0 Å². The lowest BCUT2D eigenvalue weighted by molar-refractivity contribution is 0.492. The van der Waals surface area contributed by atoms with Gasteiger partial charge in [-0.05, 0) is 70.1 Å². The van der Waals surface area contributed by atoms with Crippen LogP contribution in [0, 0.1) is 0 Å². The summed E-state index contributed by atoms with van der Waals surface area (Å²) < 4.78 is 9.29. The van der Waals surface area contributed by atoms with Crippen molar-refractivity contribution in [3.05, 3.63) is 169 Å². The van der Waals surface area contributed by atoms with Gasteiger partial charge in [-0.1, -0.05) is 127 Å². The molecule has 1 aromatic heterocycles. The fraction of sp³-hybridized carbons (Fsp3) is 0. The fourth-order valence-electron chi connectivity index (χ4n) is 6.65. The van der Waals surface area contributed by atoms with E-state index in [1.807, 2.05) is 18.2 Å². The maximum absolute atomic E-state index is 7.04. The summed E-state index contributed by atoms with van der Waals surface area (Å²) in [5, 5.41) is 2.20. The minimum atomic E-state index is 0.825. The van der Waals surface area contributed by atoms with Crippen LogP contribution >= 0.6 is 0 Å². The molecule has 0 saturated carbocycles. The average molecular weight is 589 g/mol. The highest BCUT2D eigenvalue weighted by Gasteiger charge is 2.21. The van der Waals surface area contributed by atoms with Crippen molar-refractivity contribution >= 4 is 34.0 Å². The van der Waals surface area contributed by atoms with E-state index in [4.69, 9.17) is 9.72 Å². The van der Waals surface area contributed by atoms with Gasteiger partial charge in [0.1, 0.15) is 17.3 Å². The summed E-state index contributed by atoms with van der Waals surface area (Å²) >= 11 is 0. The molecule has 1 aliphatic rings. The molecule has 2 heterocycles. The predicted molar refractivity (Wildman–Crippen MR) is 190 cm³/mol. The molecule has 0 spiro atoms. The van der Waals surface area contributed by atoms with Gasteiger partial charge >= 0.3 is 0 Å². The Kier molecular flexibility index (Phi) is 6.14. The standard InChI is InChI=1S/C43H28N2O/c1-2-14-33(15-3-1)45-40-20-10-9-19-39(40)44-43(45)32-25-24-31-23-22-29-12-4-6-16-34(29)36-18-8-11-21-41(36)46-42-35-17-7-5-13-30(35)26-27-37(42)38(31)28-32/h1-28H. The molecule has 9 rings (SSSR count). The first kappa shape index (κ1) is 26.2. The second kappa shape index (κ2) is 10.8. The molecule has 0 saturated heterocycles. The highest BCUT2D eigenvalue weighted by Crippen LogP contribution is 2.45. The quantitative estimate of drug-likeness (QED) is 0.201. The van der Waals surface area contributed by atoms with Crippen molar-refractivity contribution in [1.29, 1.82) is 0 Å². The number of hydrogen-bond acceptors (Lipinski definition) is 2. The summed E-state index contributed by atoms with van der Waals surface area (Å²) in [6.07, 6.45) is 4.45. The van der Waals surface area contributed by atoms with E-state index >= 15 is 0 Å². The molecule has 8 aromatic rings. The largest absolute Gasteiger partial charge is 0.455 e. The molecule has 0 unspecified atom stereocenters. The van der Waals surface area contributed by atoms with Crippen LogP contribution in [0.2, 0.25) is 0 Å². The number of fused-ring (bicyclic) bond motifs is 9. The highest BCUT2D eigenvalue weighted by atomic mass is 16.5. The minimum Gasteiger partial charge on any atom is -0.455 e. The lowest BCUT2D eigenvalue weighted by Gasteiger charge is -2.19.